The van der Waals surface area contributed by atoms with Crippen molar-refractivity contribution in [3.63, 3.8) is 0 Å². The van der Waals surface area contributed by atoms with Gasteiger partial charge in [-0.2, -0.15) is 0 Å². The van der Waals surface area contributed by atoms with E-state index >= 15 is 0 Å². The van der Waals surface area contributed by atoms with Gasteiger partial charge in [-0.25, -0.2) is 4.39 Å². The number of benzene rings is 1. The Labute approximate surface area is 214 Å². The summed E-state index contributed by atoms with van der Waals surface area (Å²) in [7, 11) is 0. The first kappa shape index (κ1) is 23.6. The molecule has 4 heterocycles. The monoisotopic (exact) mass is 500 g/mol. The van der Waals surface area contributed by atoms with Crippen LogP contribution in [0.5, 0.6) is 0 Å². The topological polar surface area (TPSA) is 75.1 Å². The molecule has 0 saturated carbocycles. The molecule has 3 aromatic heterocycles. The number of aromatic nitrogens is 3. The zero-order valence-corrected chi connectivity index (χ0v) is 20.2. The van der Waals surface area contributed by atoms with Gasteiger partial charge in [0, 0.05) is 50.0 Å². The summed E-state index contributed by atoms with van der Waals surface area (Å²) in [4.78, 5) is 23.5. The quantitative estimate of drug-likeness (QED) is 0.348. The van der Waals surface area contributed by atoms with Gasteiger partial charge < -0.3 is 20.1 Å². The fourth-order valence-electron chi connectivity index (χ4n) is 4.49. The summed E-state index contributed by atoms with van der Waals surface area (Å²) >= 11 is 5.72. The molecule has 7 nitrogen and oxygen atoms in total. The molecule has 1 aliphatic rings. The first-order valence-corrected chi connectivity index (χ1v) is 12.1. The highest BCUT2D eigenvalue weighted by atomic mass is 32.1. The summed E-state index contributed by atoms with van der Waals surface area (Å²) in [6.07, 6.45) is 7.54. The molecule has 2 unspecified atom stereocenters. The number of nitrogens with one attached hydrogen (secondary N) is 2. The Hall–Kier alpha value is -4.11. The van der Waals surface area contributed by atoms with Gasteiger partial charge in [-0.1, -0.05) is 24.3 Å². The minimum Gasteiger partial charge on any atom is -0.352 e. The molecule has 1 saturated heterocycles. The molecule has 1 aliphatic heterocycles. The number of carbonyl (C=O) groups excluding carboxylic acids is 1. The van der Waals surface area contributed by atoms with Crippen LogP contribution in [0.1, 0.15) is 35.5 Å². The fourth-order valence-corrected chi connectivity index (χ4v) is 4.83. The largest absolute Gasteiger partial charge is 0.352 e. The van der Waals surface area contributed by atoms with Gasteiger partial charge in [0.15, 0.2) is 5.11 Å². The first-order valence-electron chi connectivity index (χ1n) is 11.7. The van der Waals surface area contributed by atoms with Crippen molar-refractivity contribution >= 4 is 28.9 Å². The molecule has 0 spiro atoms. The second-order valence-electron chi connectivity index (χ2n) is 8.52. The number of thiocarbonyl (C=S) groups is 1. The molecule has 0 bridgehead atoms. The number of amides is 1. The zero-order chi connectivity index (χ0) is 24.9. The van der Waals surface area contributed by atoms with E-state index in [1.165, 1.54) is 6.07 Å². The van der Waals surface area contributed by atoms with Crippen molar-refractivity contribution < 1.29 is 9.18 Å². The maximum absolute atomic E-state index is 14.0. The number of rotatable bonds is 8. The first-order chi connectivity index (χ1) is 17.6. The van der Waals surface area contributed by atoms with Crippen LogP contribution in [0.2, 0.25) is 0 Å². The average Bonchev–Trinajstić information content (AvgIpc) is 3.48. The van der Waals surface area contributed by atoms with Crippen molar-refractivity contribution in [2.75, 3.05) is 11.9 Å². The van der Waals surface area contributed by atoms with Crippen LogP contribution in [0.3, 0.4) is 0 Å². The van der Waals surface area contributed by atoms with Gasteiger partial charge in [-0.15, -0.1) is 0 Å². The van der Waals surface area contributed by atoms with Crippen LogP contribution in [0.4, 0.5) is 10.1 Å². The number of hydrogen-bond donors (Lipinski definition) is 2. The minimum atomic E-state index is -0.467. The molecule has 1 aromatic carbocycles. The molecule has 1 fully saturated rings. The second-order valence-corrected chi connectivity index (χ2v) is 8.91. The van der Waals surface area contributed by atoms with Crippen molar-refractivity contribution in [3.05, 3.63) is 114 Å². The number of hydrogen-bond acceptors (Lipinski definition) is 4. The number of nitrogens with zero attached hydrogens (tertiary/aromatic N) is 4. The van der Waals surface area contributed by atoms with E-state index in [4.69, 9.17) is 12.2 Å². The van der Waals surface area contributed by atoms with Gasteiger partial charge in [-0.05, 0) is 60.2 Å². The summed E-state index contributed by atoms with van der Waals surface area (Å²) in [6, 6.07) is 19.6. The van der Waals surface area contributed by atoms with Crippen LogP contribution in [-0.4, -0.2) is 37.0 Å². The van der Waals surface area contributed by atoms with Crippen LogP contribution in [0.25, 0.3) is 0 Å². The molecular formula is C27H25FN6OS. The lowest BCUT2D eigenvalue weighted by molar-refractivity contribution is -0.116. The van der Waals surface area contributed by atoms with E-state index in [1.807, 2.05) is 53.7 Å². The van der Waals surface area contributed by atoms with Crippen LogP contribution >= 0.6 is 12.2 Å². The lowest BCUT2D eigenvalue weighted by Gasteiger charge is -2.29. The van der Waals surface area contributed by atoms with Crippen molar-refractivity contribution in [1.82, 2.24) is 24.8 Å². The number of halogens is 1. The third-order valence-electron chi connectivity index (χ3n) is 6.17. The second kappa shape index (κ2) is 10.7. The Balaban J connectivity index is 1.40. The smallest absolute Gasteiger partial charge is 0.226 e. The van der Waals surface area contributed by atoms with E-state index < -0.39 is 5.82 Å². The third-order valence-corrected chi connectivity index (χ3v) is 6.52. The summed E-state index contributed by atoms with van der Waals surface area (Å²) in [6.45, 7) is 1.01. The summed E-state index contributed by atoms with van der Waals surface area (Å²) in [5.41, 5.74) is 3.14. The van der Waals surface area contributed by atoms with Crippen molar-refractivity contribution in [2.24, 2.45) is 0 Å². The molecule has 2 N–H and O–H groups in total. The SMILES string of the molecule is O=C(CCN1C(=S)NC(c2ccccn2)C1c1cccn1Cc1cccnc1)Nc1ccccc1F. The Morgan fingerprint density at radius 3 is 2.69 bits per heavy atom. The number of carbonyl (C=O) groups is 1. The highest BCUT2D eigenvalue weighted by molar-refractivity contribution is 7.80. The standard InChI is InChI=1S/C27H25FN6OS/c28-20-8-1-2-9-21(20)31-24(35)12-16-34-26(25(32-27(34)36)22-10-3-4-14-30-22)23-11-6-15-33(23)18-19-7-5-13-29-17-19/h1-11,13-15,17,25-26H,12,16,18H2,(H,31,35)(H,32,36). The summed E-state index contributed by atoms with van der Waals surface area (Å²) < 4.78 is 16.2. The summed E-state index contributed by atoms with van der Waals surface area (Å²) in [5.74, 6) is -0.751. The maximum Gasteiger partial charge on any atom is 0.226 e. The van der Waals surface area contributed by atoms with Gasteiger partial charge in [-0.3, -0.25) is 14.8 Å². The maximum atomic E-state index is 14.0. The Morgan fingerprint density at radius 2 is 1.92 bits per heavy atom. The van der Waals surface area contributed by atoms with E-state index in [1.54, 1.807) is 30.6 Å². The van der Waals surface area contributed by atoms with E-state index in [0.717, 1.165) is 17.0 Å². The third kappa shape index (κ3) is 5.11. The highest BCUT2D eigenvalue weighted by Gasteiger charge is 2.41. The Kier molecular flexibility index (Phi) is 6.99. The van der Waals surface area contributed by atoms with E-state index in [0.29, 0.717) is 18.2 Å². The summed E-state index contributed by atoms with van der Waals surface area (Å²) in [5, 5.41) is 6.61. The number of para-hydroxylation sites is 1. The van der Waals surface area contributed by atoms with Gasteiger partial charge in [0.25, 0.3) is 0 Å². The molecular weight excluding hydrogens is 475 g/mol. The average molecular weight is 501 g/mol. The van der Waals surface area contributed by atoms with Crippen LogP contribution < -0.4 is 10.6 Å². The van der Waals surface area contributed by atoms with E-state index in [2.05, 4.69) is 31.2 Å². The molecule has 182 valence electrons. The Bertz CT molecular complexity index is 1350. The molecule has 2 atom stereocenters. The van der Waals surface area contributed by atoms with Crippen LogP contribution in [-0.2, 0) is 11.3 Å². The van der Waals surface area contributed by atoms with Gasteiger partial charge in [0.1, 0.15) is 5.82 Å². The normalized spacial score (nSPS) is 17.1. The zero-order valence-electron chi connectivity index (χ0n) is 19.4. The van der Waals surface area contributed by atoms with Crippen LogP contribution in [0, 0.1) is 5.82 Å². The van der Waals surface area contributed by atoms with Gasteiger partial charge in [0.2, 0.25) is 5.91 Å². The van der Waals surface area contributed by atoms with Crippen LogP contribution in [0.15, 0.2) is 91.5 Å². The lowest BCUT2D eigenvalue weighted by atomic mass is 10.0. The van der Waals surface area contributed by atoms with E-state index in [9.17, 15) is 9.18 Å². The number of pyridine rings is 2. The molecule has 36 heavy (non-hydrogen) atoms. The van der Waals surface area contributed by atoms with Crippen molar-refractivity contribution in [1.29, 1.82) is 0 Å². The minimum absolute atomic E-state index is 0.144. The molecule has 5 rings (SSSR count). The highest BCUT2D eigenvalue weighted by Crippen LogP contribution is 2.39. The van der Waals surface area contributed by atoms with Gasteiger partial charge >= 0.3 is 0 Å². The predicted molar refractivity (Wildman–Crippen MR) is 140 cm³/mol. The van der Waals surface area contributed by atoms with Crippen molar-refractivity contribution in [3.8, 4) is 0 Å². The van der Waals surface area contributed by atoms with Gasteiger partial charge in [0.05, 0.1) is 23.5 Å². The number of anilines is 1. The molecule has 1 amide bonds. The molecule has 0 radical (unpaired) electrons. The molecule has 0 aliphatic carbocycles. The van der Waals surface area contributed by atoms with Crippen molar-refractivity contribution in [2.45, 2.75) is 25.0 Å². The van der Waals surface area contributed by atoms with E-state index in [-0.39, 0.29) is 30.1 Å². The lowest BCUT2D eigenvalue weighted by Crippen LogP contribution is -2.33. The Morgan fingerprint density at radius 1 is 1.06 bits per heavy atom. The predicted octanol–water partition coefficient (Wildman–Crippen LogP) is 4.47. The molecule has 4 aromatic rings. The molecule has 9 heteroatoms. The fraction of sp³-hybridized carbons (Fsp3) is 0.185.